The normalized spacial score (nSPS) is 13.4. The first-order valence-electron chi connectivity index (χ1n) is 4.43. The second-order valence-electron chi connectivity index (χ2n) is 3.19. The van der Waals surface area contributed by atoms with Crippen molar-refractivity contribution in [2.45, 2.75) is 19.5 Å². The van der Waals surface area contributed by atoms with Gasteiger partial charge >= 0.3 is 12.3 Å². The van der Waals surface area contributed by atoms with E-state index >= 15 is 0 Å². The van der Waals surface area contributed by atoms with Gasteiger partial charge in [0.2, 0.25) is 0 Å². The molecule has 4 nitrogen and oxygen atoms in total. The first-order valence-corrected chi connectivity index (χ1v) is 4.43. The van der Waals surface area contributed by atoms with Crippen LogP contribution in [0.1, 0.15) is 13.3 Å². The molecule has 15 heavy (non-hydrogen) atoms. The molecule has 2 N–H and O–H groups in total. The van der Waals surface area contributed by atoms with E-state index in [1.807, 2.05) is 0 Å². The van der Waals surface area contributed by atoms with Gasteiger partial charge in [0.25, 0.3) is 0 Å². The van der Waals surface area contributed by atoms with E-state index in [2.05, 4.69) is 10.1 Å². The fourth-order valence-corrected chi connectivity index (χ4v) is 0.778. The van der Waals surface area contributed by atoms with Crippen molar-refractivity contribution in [2.24, 2.45) is 5.92 Å². The van der Waals surface area contributed by atoms with Crippen LogP contribution in [0.15, 0.2) is 0 Å². The highest BCUT2D eigenvalue weighted by atomic mass is 19.4. The molecule has 0 aliphatic carbocycles. The quantitative estimate of drug-likeness (QED) is 0.746. The molecule has 7 heteroatoms. The number of alkyl halides is 3. The number of hydrogen-bond donors (Lipinski definition) is 2. The van der Waals surface area contributed by atoms with Crippen LogP contribution in [-0.4, -0.2) is 37.1 Å². The maximum atomic E-state index is 11.6. The maximum absolute atomic E-state index is 11.6. The number of hydrogen-bond acceptors (Lipinski definition) is 3. The molecule has 90 valence electrons. The topological polar surface area (TPSA) is 58.6 Å². The molecule has 0 aromatic carbocycles. The van der Waals surface area contributed by atoms with Gasteiger partial charge in [-0.1, -0.05) is 6.92 Å². The highest BCUT2D eigenvalue weighted by molar-refractivity contribution is 5.67. The average molecular weight is 229 g/mol. The minimum absolute atomic E-state index is 0.00608. The van der Waals surface area contributed by atoms with Crippen LogP contribution in [-0.2, 0) is 4.74 Å². The van der Waals surface area contributed by atoms with E-state index in [1.165, 1.54) is 0 Å². The summed E-state index contributed by atoms with van der Waals surface area (Å²) in [6.45, 7) is 0.311. The largest absolute Gasteiger partial charge is 0.440 e. The number of halogens is 3. The van der Waals surface area contributed by atoms with E-state index in [-0.39, 0.29) is 19.1 Å². The standard InChI is InChI=1S/C8H14F3NO3/c1-6(2-3-13)4-12-7(14)15-5-8(9,10)11/h6,13H,2-5H2,1H3,(H,12,14). The molecule has 1 atom stereocenters. The lowest BCUT2D eigenvalue weighted by molar-refractivity contribution is -0.160. The lowest BCUT2D eigenvalue weighted by Crippen LogP contribution is -2.32. The van der Waals surface area contributed by atoms with E-state index in [0.717, 1.165) is 0 Å². The van der Waals surface area contributed by atoms with Crippen LogP contribution in [0.4, 0.5) is 18.0 Å². The molecule has 0 fully saturated rings. The van der Waals surface area contributed by atoms with Crippen molar-refractivity contribution in [1.82, 2.24) is 5.32 Å². The smallest absolute Gasteiger partial charge is 0.422 e. The van der Waals surface area contributed by atoms with Gasteiger partial charge in [-0.15, -0.1) is 0 Å². The molecule has 0 rings (SSSR count). The predicted molar refractivity (Wildman–Crippen MR) is 46.3 cm³/mol. The number of nitrogens with one attached hydrogen (secondary N) is 1. The van der Waals surface area contributed by atoms with Crippen LogP contribution in [0, 0.1) is 5.92 Å². The Bertz CT molecular complexity index is 196. The fraction of sp³-hybridized carbons (Fsp3) is 0.875. The first kappa shape index (κ1) is 14.0. The molecule has 0 spiro atoms. The molecule has 0 bridgehead atoms. The molecule has 1 amide bonds. The van der Waals surface area contributed by atoms with Crippen LogP contribution in [0.25, 0.3) is 0 Å². The summed E-state index contributed by atoms with van der Waals surface area (Å²) < 4.78 is 38.7. The van der Waals surface area contributed by atoms with E-state index in [4.69, 9.17) is 5.11 Å². The van der Waals surface area contributed by atoms with Crippen LogP contribution in [0.3, 0.4) is 0 Å². The molecule has 0 aromatic rings. The summed E-state index contributed by atoms with van der Waals surface area (Å²) in [4.78, 5) is 10.7. The van der Waals surface area contributed by atoms with Gasteiger partial charge in [-0.25, -0.2) is 4.79 Å². The third-order valence-electron chi connectivity index (χ3n) is 1.58. The monoisotopic (exact) mass is 229 g/mol. The molecule has 1 unspecified atom stereocenters. The summed E-state index contributed by atoms with van der Waals surface area (Å²) in [5.41, 5.74) is 0. The van der Waals surface area contributed by atoms with Crippen molar-refractivity contribution in [2.75, 3.05) is 19.8 Å². The Kier molecular flexibility index (Phi) is 6.07. The first-order chi connectivity index (χ1) is 6.85. The number of ether oxygens (including phenoxy) is 1. The van der Waals surface area contributed by atoms with Crippen LogP contribution >= 0.6 is 0 Å². The van der Waals surface area contributed by atoms with Gasteiger partial charge in [0.1, 0.15) is 0 Å². The Labute approximate surface area is 85.4 Å². The van der Waals surface area contributed by atoms with Crippen molar-refractivity contribution in [3.05, 3.63) is 0 Å². The van der Waals surface area contributed by atoms with Crippen molar-refractivity contribution in [3.8, 4) is 0 Å². The minimum atomic E-state index is -4.51. The molecule has 0 aliphatic heterocycles. The zero-order valence-corrected chi connectivity index (χ0v) is 8.30. The van der Waals surface area contributed by atoms with E-state index < -0.39 is 18.9 Å². The van der Waals surface area contributed by atoms with Crippen molar-refractivity contribution in [1.29, 1.82) is 0 Å². The summed E-state index contributed by atoms with van der Waals surface area (Å²) >= 11 is 0. The third-order valence-corrected chi connectivity index (χ3v) is 1.58. The Morgan fingerprint density at radius 3 is 2.60 bits per heavy atom. The zero-order chi connectivity index (χ0) is 11.9. The molecular weight excluding hydrogens is 215 g/mol. The SMILES string of the molecule is CC(CCO)CNC(=O)OCC(F)(F)F. The van der Waals surface area contributed by atoms with Crippen molar-refractivity contribution in [3.63, 3.8) is 0 Å². The van der Waals surface area contributed by atoms with Crippen molar-refractivity contribution < 1.29 is 27.8 Å². The molecule has 0 saturated heterocycles. The zero-order valence-electron chi connectivity index (χ0n) is 8.30. The maximum Gasteiger partial charge on any atom is 0.422 e. The van der Waals surface area contributed by atoms with Gasteiger partial charge in [0.15, 0.2) is 6.61 Å². The van der Waals surface area contributed by atoms with Crippen LogP contribution in [0.5, 0.6) is 0 Å². The summed E-state index contributed by atoms with van der Waals surface area (Å²) in [5.74, 6) is -0.00608. The molecular formula is C8H14F3NO3. The van der Waals surface area contributed by atoms with Gasteiger partial charge in [0.05, 0.1) is 0 Å². The lowest BCUT2D eigenvalue weighted by atomic mass is 10.1. The van der Waals surface area contributed by atoms with Gasteiger partial charge in [-0.05, 0) is 12.3 Å². The summed E-state index contributed by atoms with van der Waals surface area (Å²) in [6.07, 6.45) is -5.13. The van der Waals surface area contributed by atoms with Crippen LogP contribution < -0.4 is 5.32 Å². The Morgan fingerprint density at radius 2 is 2.13 bits per heavy atom. The predicted octanol–water partition coefficient (Wildman–Crippen LogP) is 1.29. The molecule has 0 heterocycles. The molecule has 0 aromatic heterocycles. The van der Waals surface area contributed by atoms with Crippen LogP contribution in [0.2, 0.25) is 0 Å². The summed E-state index contributed by atoms with van der Waals surface area (Å²) in [7, 11) is 0. The number of rotatable bonds is 5. The Morgan fingerprint density at radius 1 is 1.53 bits per heavy atom. The van der Waals surface area contributed by atoms with E-state index in [9.17, 15) is 18.0 Å². The van der Waals surface area contributed by atoms with Crippen molar-refractivity contribution >= 4 is 6.09 Å². The summed E-state index contributed by atoms with van der Waals surface area (Å²) in [5, 5.41) is 10.7. The Balaban J connectivity index is 3.58. The van der Waals surface area contributed by atoms with E-state index in [1.54, 1.807) is 6.92 Å². The van der Waals surface area contributed by atoms with Gasteiger partial charge in [-0.2, -0.15) is 13.2 Å². The number of alkyl carbamates (subject to hydrolysis) is 1. The number of carbonyl (C=O) groups excluding carboxylic acids is 1. The second-order valence-corrected chi connectivity index (χ2v) is 3.19. The minimum Gasteiger partial charge on any atom is -0.440 e. The Hall–Kier alpha value is -0.980. The molecule has 0 radical (unpaired) electrons. The van der Waals surface area contributed by atoms with Gasteiger partial charge < -0.3 is 15.2 Å². The number of amides is 1. The molecule has 0 saturated carbocycles. The number of aliphatic hydroxyl groups is 1. The number of carbonyl (C=O) groups is 1. The highest BCUT2D eigenvalue weighted by Gasteiger charge is 2.29. The van der Waals surface area contributed by atoms with Gasteiger partial charge in [0, 0.05) is 13.2 Å². The highest BCUT2D eigenvalue weighted by Crippen LogP contribution is 2.14. The van der Waals surface area contributed by atoms with E-state index in [0.29, 0.717) is 6.42 Å². The number of aliphatic hydroxyl groups excluding tert-OH is 1. The summed E-state index contributed by atoms with van der Waals surface area (Å²) in [6, 6.07) is 0. The lowest BCUT2D eigenvalue weighted by Gasteiger charge is -2.12. The molecule has 0 aliphatic rings. The average Bonchev–Trinajstić information content (AvgIpc) is 2.11. The fourth-order valence-electron chi connectivity index (χ4n) is 0.778. The third kappa shape index (κ3) is 9.33. The van der Waals surface area contributed by atoms with Gasteiger partial charge in [-0.3, -0.25) is 0 Å². The second kappa shape index (κ2) is 6.49.